The van der Waals surface area contributed by atoms with Crippen LogP contribution in [-0.4, -0.2) is 42.0 Å². The smallest absolute Gasteiger partial charge is 0.165 e. The van der Waals surface area contributed by atoms with E-state index in [0.717, 1.165) is 51.4 Å². The molecule has 0 aromatic rings. The molecule has 1 rings (SSSR count). The van der Waals surface area contributed by atoms with E-state index >= 15 is 0 Å². The fourth-order valence-corrected chi connectivity index (χ4v) is 7.01. The van der Waals surface area contributed by atoms with Gasteiger partial charge in [0, 0.05) is 18.9 Å². The number of rotatable bonds is 33. The topological polar surface area (TPSA) is 32.7 Å². The molecule has 0 amide bonds. The van der Waals surface area contributed by atoms with Gasteiger partial charge < -0.3 is 14.7 Å². The van der Waals surface area contributed by atoms with Crippen molar-refractivity contribution in [3.8, 4) is 0 Å². The first-order valence-corrected chi connectivity index (χ1v) is 21.2. The van der Waals surface area contributed by atoms with Crippen molar-refractivity contribution in [1.82, 2.24) is 4.90 Å². The molecule has 1 fully saturated rings. The summed E-state index contributed by atoms with van der Waals surface area (Å²) < 4.78 is 6.57. The van der Waals surface area contributed by atoms with Crippen LogP contribution in [-0.2, 0) is 4.74 Å². The minimum absolute atomic E-state index is 0.223. The van der Waals surface area contributed by atoms with E-state index in [1.807, 2.05) is 0 Å². The van der Waals surface area contributed by atoms with Gasteiger partial charge in [0.05, 0.1) is 6.10 Å². The molecule has 0 aromatic heterocycles. The maximum atomic E-state index is 11.7. The highest BCUT2D eigenvalue weighted by atomic mass is 16.6. The van der Waals surface area contributed by atoms with Gasteiger partial charge in [0.2, 0.25) is 0 Å². The molecule has 1 aliphatic carbocycles. The van der Waals surface area contributed by atoms with Crippen molar-refractivity contribution < 1.29 is 9.84 Å². The third-order valence-corrected chi connectivity index (χ3v) is 10.3. The lowest BCUT2D eigenvalue weighted by Crippen LogP contribution is -2.41. The summed E-state index contributed by atoms with van der Waals surface area (Å²) in [6, 6.07) is 0.665. The highest BCUT2D eigenvalue weighted by Crippen LogP contribution is 2.32. The maximum Gasteiger partial charge on any atom is 0.165 e. The van der Waals surface area contributed by atoms with E-state index in [2.05, 4.69) is 81.5 Å². The van der Waals surface area contributed by atoms with Crippen LogP contribution in [0.15, 0.2) is 48.6 Å². The Labute approximate surface area is 301 Å². The quantitative estimate of drug-likeness (QED) is 0.0429. The summed E-state index contributed by atoms with van der Waals surface area (Å²) >= 11 is 0. The van der Waals surface area contributed by atoms with E-state index in [1.54, 1.807) is 0 Å². The van der Waals surface area contributed by atoms with E-state index in [0.29, 0.717) is 6.04 Å². The second-order valence-corrected chi connectivity index (χ2v) is 15.1. The van der Waals surface area contributed by atoms with Gasteiger partial charge in [-0.3, -0.25) is 0 Å². The predicted octanol–water partition coefficient (Wildman–Crippen LogP) is 14.0. The molecule has 0 aromatic carbocycles. The van der Waals surface area contributed by atoms with Crippen molar-refractivity contribution in [2.24, 2.45) is 0 Å². The lowest BCUT2D eigenvalue weighted by Gasteiger charge is -2.38. The Balaban J connectivity index is 2.23. The summed E-state index contributed by atoms with van der Waals surface area (Å²) in [6.07, 6.45) is 55.1. The fraction of sp³-hybridized carbons (Fsp3) is 0.822. The van der Waals surface area contributed by atoms with Crippen LogP contribution >= 0.6 is 0 Å². The molecule has 3 heteroatoms. The molecule has 3 nitrogen and oxygen atoms in total. The average Bonchev–Trinajstić information content (AvgIpc) is 3.08. The second-order valence-electron chi connectivity index (χ2n) is 15.1. The van der Waals surface area contributed by atoms with Crippen LogP contribution in [0.1, 0.15) is 206 Å². The largest absolute Gasteiger partial charge is 0.365 e. The Kier molecular flexibility index (Phi) is 30.9. The van der Waals surface area contributed by atoms with Crippen molar-refractivity contribution >= 4 is 0 Å². The Hall–Kier alpha value is -1.16. The van der Waals surface area contributed by atoms with Crippen LogP contribution in [0, 0.1) is 0 Å². The van der Waals surface area contributed by atoms with Gasteiger partial charge in [-0.2, -0.15) is 0 Å². The zero-order valence-electron chi connectivity index (χ0n) is 32.8. The molecular formula is C45H83NO2. The van der Waals surface area contributed by atoms with Crippen molar-refractivity contribution in [3.05, 3.63) is 48.6 Å². The fourth-order valence-electron chi connectivity index (χ4n) is 7.01. The molecular weight excluding hydrogens is 587 g/mol. The summed E-state index contributed by atoms with van der Waals surface area (Å²) in [7, 11) is 4.39. The lowest BCUT2D eigenvalue weighted by atomic mass is 9.91. The van der Waals surface area contributed by atoms with E-state index < -0.39 is 5.79 Å². The van der Waals surface area contributed by atoms with Crippen LogP contribution in [0.3, 0.4) is 0 Å². The van der Waals surface area contributed by atoms with Gasteiger partial charge in [-0.25, -0.2) is 0 Å². The molecule has 48 heavy (non-hydrogen) atoms. The molecule has 0 atom stereocenters. The van der Waals surface area contributed by atoms with Crippen molar-refractivity contribution in [3.63, 3.8) is 0 Å². The number of ether oxygens (including phenoxy) is 1. The standard InChI is InChI=1S/C45H83NO2/c1-5-7-9-11-13-15-17-19-21-23-25-27-29-31-33-35-41-45(47,48-44-39-37-43(38-40-44)46(3)4)42-36-34-32-30-28-26-24-22-20-18-16-14-12-10-8-6-2/h13-16,19-22,43-44,47H,5-12,17-18,23-42H2,1-4H3/b15-13-,16-14-,21-19-,22-20-/t43-,44+. The van der Waals surface area contributed by atoms with Crippen molar-refractivity contribution in [2.45, 2.75) is 224 Å². The molecule has 0 saturated heterocycles. The van der Waals surface area contributed by atoms with E-state index in [9.17, 15) is 5.11 Å². The molecule has 1 aliphatic rings. The summed E-state index contributed by atoms with van der Waals surface area (Å²) in [4.78, 5) is 2.36. The van der Waals surface area contributed by atoms with Gasteiger partial charge in [-0.1, -0.05) is 140 Å². The third-order valence-electron chi connectivity index (χ3n) is 10.3. The minimum atomic E-state index is -0.930. The summed E-state index contributed by atoms with van der Waals surface area (Å²) in [6.45, 7) is 4.53. The number of hydrogen-bond acceptors (Lipinski definition) is 3. The van der Waals surface area contributed by atoms with E-state index in [1.165, 1.54) is 141 Å². The molecule has 0 aliphatic heterocycles. The highest BCUT2D eigenvalue weighted by molar-refractivity contribution is 4.93. The first-order chi connectivity index (χ1) is 23.5. The minimum Gasteiger partial charge on any atom is -0.365 e. The monoisotopic (exact) mass is 670 g/mol. The van der Waals surface area contributed by atoms with Gasteiger partial charge in [-0.15, -0.1) is 0 Å². The molecule has 1 N–H and O–H groups in total. The van der Waals surface area contributed by atoms with Gasteiger partial charge in [-0.05, 0) is 117 Å². The number of nitrogens with zero attached hydrogens (tertiary/aromatic N) is 1. The first kappa shape index (κ1) is 44.9. The zero-order chi connectivity index (χ0) is 34.8. The Morgan fingerprint density at radius 2 is 0.854 bits per heavy atom. The van der Waals surface area contributed by atoms with Crippen molar-refractivity contribution in [2.75, 3.05) is 14.1 Å². The van der Waals surface area contributed by atoms with Gasteiger partial charge in [0.25, 0.3) is 0 Å². The van der Waals surface area contributed by atoms with Crippen molar-refractivity contribution in [1.29, 1.82) is 0 Å². The second kappa shape index (κ2) is 33.0. The van der Waals surface area contributed by atoms with Crippen LogP contribution in [0.25, 0.3) is 0 Å². The zero-order valence-corrected chi connectivity index (χ0v) is 32.8. The summed E-state index contributed by atoms with van der Waals surface area (Å²) in [5.74, 6) is -0.930. The van der Waals surface area contributed by atoms with Crippen LogP contribution < -0.4 is 0 Å². The van der Waals surface area contributed by atoms with Crippen LogP contribution in [0.5, 0.6) is 0 Å². The Bertz CT molecular complexity index is 741. The molecule has 280 valence electrons. The van der Waals surface area contributed by atoms with Gasteiger partial charge in [0.15, 0.2) is 5.79 Å². The molecule has 0 heterocycles. The van der Waals surface area contributed by atoms with Gasteiger partial charge in [0.1, 0.15) is 0 Å². The molecule has 0 radical (unpaired) electrons. The normalized spacial score (nSPS) is 17.8. The first-order valence-electron chi connectivity index (χ1n) is 21.2. The average molecular weight is 670 g/mol. The summed E-state index contributed by atoms with van der Waals surface area (Å²) in [5.41, 5.74) is 0. The van der Waals surface area contributed by atoms with Crippen LogP contribution in [0.2, 0.25) is 0 Å². The lowest BCUT2D eigenvalue weighted by molar-refractivity contribution is -0.244. The Morgan fingerprint density at radius 1 is 0.500 bits per heavy atom. The van der Waals surface area contributed by atoms with E-state index in [-0.39, 0.29) is 6.10 Å². The molecule has 0 bridgehead atoms. The number of unbranched alkanes of at least 4 members (excludes halogenated alkanes) is 18. The predicted molar refractivity (Wildman–Crippen MR) is 214 cm³/mol. The third kappa shape index (κ3) is 27.6. The highest BCUT2D eigenvalue weighted by Gasteiger charge is 2.33. The number of allylic oxidation sites excluding steroid dienone is 8. The molecule has 0 spiro atoms. The van der Waals surface area contributed by atoms with Gasteiger partial charge >= 0.3 is 0 Å². The van der Waals surface area contributed by atoms with E-state index in [4.69, 9.17) is 4.74 Å². The van der Waals surface area contributed by atoms with Crippen LogP contribution in [0.4, 0.5) is 0 Å². The number of aliphatic hydroxyl groups is 1. The molecule has 0 unspecified atom stereocenters. The molecule has 1 saturated carbocycles. The summed E-state index contributed by atoms with van der Waals surface area (Å²) in [5, 5.41) is 11.7. The Morgan fingerprint density at radius 3 is 1.23 bits per heavy atom. The SMILES string of the molecule is CCCCC/C=C\C/C=C\CCCCCCCCC(O)(CCCCCCCC/C=C\C/C=C\CCCCC)O[C@H]1CC[C@@H](N(C)C)CC1. The number of hydrogen-bond donors (Lipinski definition) is 1. The maximum absolute atomic E-state index is 11.7.